The SMILES string of the molecule is CC(=O)OC(C(=O)O)C(O)CO. The van der Waals surface area contributed by atoms with Gasteiger partial charge in [0.15, 0.2) is 0 Å². The Kier molecular flexibility index (Phi) is 4.24. The van der Waals surface area contributed by atoms with Crippen LogP contribution in [0.5, 0.6) is 0 Å². The van der Waals surface area contributed by atoms with Crippen LogP contribution in [0.25, 0.3) is 0 Å². The normalized spacial score (nSPS) is 14.9. The lowest BCUT2D eigenvalue weighted by atomic mass is 10.2. The van der Waals surface area contributed by atoms with E-state index in [1.807, 2.05) is 0 Å². The largest absolute Gasteiger partial charge is 0.478 e. The third-order valence-electron chi connectivity index (χ3n) is 1.07. The highest BCUT2D eigenvalue weighted by Gasteiger charge is 2.28. The molecule has 6 nitrogen and oxygen atoms in total. The number of hydrogen-bond acceptors (Lipinski definition) is 5. The van der Waals surface area contributed by atoms with E-state index in [9.17, 15) is 9.59 Å². The summed E-state index contributed by atoms with van der Waals surface area (Å²) in [7, 11) is 0. The molecule has 0 fully saturated rings. The van der Waals surface area contributed by atoms with Crippen molar-refractivity contribution in [2.75, 3.05) is 6.61 Å². The van der Waals surface area contributed by atoms with Crippen LogP contribution in [0.4, 0.5) is 0 Å². The first kappa shape index (κ1) is 10.9. The first-order valence-electron chi connectivity index (χ1n) is 3.18. The molecule has 0 aliphatic heterocycles. The maximum Gasteiger partial charge on any atom is 0.347 e. The molecule has 2 unspecified atom stereocenters. The molecule has 6 heteroatoms. The molecule has 0 bridgehead atoms. The van der Waals surface area contributed by atoms with Crippen LogP contribution in [0, 0.1) is 0 Å². The summed E-state index contributed by atoms with van der Waals surface area (Å²) in [6.45, 7) is 0.240. The number of rotatable bonds is 4. The quantitative estimate of drug-likeness (QED) is 0.446. The van der Waals surface area contributed by atoms with Crippen LogP contribution in [0.15, 0.2) is 0 Å². The maximum atomic E-state index is 10.3. The van der Waals surface area contributed by atoms with E-state index in [0.29, 0.717) is 0 Å². The number of carbonyl (C=O) groups is 2. The fourth-order valence-corrected chi connectivity index (χ4v) is 0.568. The topological polar surface area (TPSA) is 104 Å². The van der Waals surface area contributed by atoms with Crippen LogP contribution in [-0.2, 0) is 14.3 Å². The molecular weight excluding hydrogens is 168 g/mol. The van der Waals surface area contributed by atoms with Crippen LogP contribution < -0.4 is 0 Å². The summed E-state index contributed by atoms with van der Waals surface area (Å²) in [4.78, 5) is 20.6. The molecule has 2 atom stereocenters. The molecule has 3 N–H and O–H groups in total. The van der Waals surface area contributed by atoms with E-state index in [2.05, 4.69) is 4.74 Å². The lowest BCUT2D eigenvalue weighted by molar-refractivity contribution is -0.171. The number of aliphatic hydroxyl groups is 2. The predicted molar refractivity (Wildman–Crippen MR) is 36.3 cm³/mol. The van der Waals surface area contributed by atoms with E-state index in [0.717, 1.165) is 6.92 Å². The number of carboxylic acids is 1. The van der Waals surface area contributed by atoms with Gasteiger partial charge in [-0.15, -0.1) is 0 Å². The van der Waals surface area contributed by atoms with Gasteiger partial charge in [0.2, 0.25) is 6.10 Å². The molecule has 0 radical (unpaired) electrons. The standard InChI is InChI=1S/C6H10O6/c1-3(8)12-5(6(10)11)4(9)2-7/h4-5,7,9H,2H2,1H3,(H,10,11). The van der Waals surface area contributed by atoms with E-state index in [-0.39, 0.29) is 0 Å². The summed E-state index contributed by atoms with van der Waals surface area (Å²) in [5.74, 6) is -2.32. The molecule has 0 heterocycles. The molecule has 70 valence electrons. The Hall–Kier alpha value is -1.14. The summed E-state index contributed by atoms with van der Waals surface area (Å²) in [6.07, 6.45) is -3.29. The highest BCUT2D eigenvalue weighted by atomic mass is 16.6. The van der Waals surface area contributed by atoms with Crippen molar-refractivity contribution in [3.05, 3.63) is 0 Å². The Labute approximate surface area is 68.4 Å². The van der Waals surface area contributed by atoms with Gasteiger partial charge in [0.1, 0.15) is 6.10 Å². The van der Waals surface area contributed by atoms with Gasteiger partial charge in [-0.2, -0.15) is 0 Å². The average molecular weight is 178 g/mol. The van der Waals surface area contributed by atoms with Crippen LogP contribution in [-0.4, -0.2) is 46.1 Å². The van der Waals surface area contributed by atoms with Gasteiger partial charge in [-0.3, -0.25) is 4.79 Å². The van der Waals surface area contributed by atoms with Crippen molar-refractivity contribution in [3.8, 4) is 0 Å². The number of aliphatic carboxylic acids is 1. The minimum Gasteiger partial charge on any atom is -0.478 e. The molecule has 0 aromatic heterocycles. The van der Waals surface area contributed by atoms with Crippen molar-refractivity contribution >= 4 is 11.9 Å². The highest BCUT2D eigenvalue weighted by molar-refractivity contribution is 5.77. The smallest absolute Gasteiger partial charge is 0.347 e. The van der Waals surface area contributed by atoms with Crippen molar-refractivity contribution in [3.63, 3.8) is 0 Å². The monoisotopic (exact) mass is 178 g/mol. The van der Waals surface area contributed by atoms with Crippen LogP contribution in [0.2, 0.25) is 0 Å². The lowest BCUT2D eigenvalue weighted by Crippen LogP contribution is -2.39. The summed E-state index contributed by atoms with van der Waals surface area (Å²) >= 11 is 0. The van der Waals surface area contributed by atoms with Crippen molar-refractivity contribution in [2.24, 2.45) is 0 Å². The van der Waals surface area contributed by atoms with Crippen molar-refractivity contribution in [1.82, 2.24) is 0 Å². The Balaban J connectivity index is 4.22. The average Bonchev–Trinajstić information content (AvgIpc) is 1.98. The van der Waals surface area contributed by atoms with Crippen molar-refractivity contribution in [2.45, 2.75) is 19.1 Å². The summed E-state index contributed by atoms with van der Waals surface area (Å²) in [5.41, 5.74) is 0. The summed E-state index contributed by atoms with van der Waals surface area (Å²) < 4.78 is 4.22. The number of hydrogen-bond donors (Lipinski definition) is 3. The van der Waals surface area contributed by atoms with Gasteiger partial charge in [-0.05, 0) is 0 Å². The van der Waals surface area contributed by atoms with Gasteiger partial charge in [0.25, 0.3) is 0 Å². The second-order valence-corrected chi connectivity index (χ2v) is 2.12. The van der Waals surface area contributed by atoms with Gasteiger partial charge in [0.05, 0.1) is 6.61 Å². The summed E-state index contributed by atoms with van der Waals surface area (Å²) in [6, 6.07) is 0. The molecule has 0 spiro atoms. The fourth-order valence-electron chi connectivity index (χ4n) is 0.568. The van der Waals surface area contributed by atoms with E-state index < -0.39 is 30.8 Å². The van der Waals surface area contributed by atoms with Crippen LogP contribution >= 0.6 is 0 Å². The molecule has 0 aliphatic carbocycles. The molecule has 0 rings (SSSR count). The van der Waals surface area contributed by atoms with Gasteiger partial charge in [-0.25, -0.2) is 4.79 Å². The minimum absolute atomic E-state index is 0.774. The Morgan fingerprint density at radius 1 is 1.50 bits per heavy atom. The number of ether oxygens (including phenoxy) is 1. The number of aliphatic hydroxyl groups excluding tert-OH is 2. The third kappa shape index (κ3) is 3.31. The van der Waals surface area contributed by atoms with Gasteiger partial charge in [0, 0.05) is 6.92 Å². The van der Waals surface area contributed by atoms with E-state index in [1.165, 1.54) is 0 Å². The second-order valence-electron chi connectivity index (χ2n) is 2.12. The van der Waals surface area contributed by atoms with Crippen LogP contribution in [0.1, 0.15) is 6.92 Å². The number of carbonyl (C=O) groups excluding carboxylic acids is 1. The summed E-state index contributed by atoms with van der Waals surface area (Å²) in [5, 5.41) is 25.6. The second kappa shape index (κ2) is 4.68. The molecular formula is C6H10O6. The van der Waals surface area contributed by atoms with Crippen LogP contribution in [0.3, 0.4) is 0 Å². The first-order chi connectivity index (χ1) is 5.49. The molecule has 0 aromatic rings. The Morgan fingerprint density at radius 3 is 2.25 bits per heavy atom. The molecule has 0 saturated heterocycles. The molecule has 0 aliphatic rings. The zero-order valence-electron chi connectivity index (χ0n) is 6.43. The van der Waals surface area contributed by atoms with Gasteiger partial charge < -0.3 is 20.1 Å². The highest BCUT2D eigenvalue weighted by Crippen LogP contribution is 1.99. The molecule has 0 saturated carbocycles. The molecule has 0 aromatic carbocycles. The Morgan fingerprint density at radius 2 is 2.00 bits per heavy atom. The van der Waals surface area contributed by atoms with E-state index in [4.69, 9.17) is 15.3 Å². The van der Waals surface area contributed by atoms with E-state index in [1.54, 1.807) is 0 Å². The predicted octanol–water partition coefficient (Wildman–Crippen LogP) is -1.64. The third-order valence-corrected chi connectivity index (χ3v) is 1.07. The zero-order valence-corrected chi connectivity index (χ0v) is 6.43. The van der Waals surface area contributed by atoms with Gasteiger partial charge in [-0.1, -0.05) is 0 Å². The van der Waals surface area contributed by atoms with Gasteiger partial charge >= 0.3 is 11.9 Å². The van der Waals surface area contributed by atoms with Crippen molar-refractivity contribution in [1.29, 1.82) is 0 Å². The molecule has 12 heavy (non-hydrogen) atoms. The maximum absolute atomic E-state index is 10.3. The zero-order chi connectivity index (χ0) is 9.72. The number of esters is 1. The minimum atomic E-state index is -1.70. The Bertz CT molecular complexity index is 177. The van der Waals surface area contributed by atoms with Crippen molar-refractivity contribution < 1.29 is 29.6 Å². The van der Waals surface area contributed by atoms with E-state index >= 15 is 0 Å². The first-order valence-corrected chi connectivity index (χ1v) is 3.18. The molecule has 0 amide bonds. The number of carboxylic acid groups (broad SMARTS) is 1. The fraction of sp³-hybridized carbons (Fsp3) is 0.667. The lowest BCUT2D eigenvalue weighted by Gasteiger charge is -2.16.